The molecular weight excluding hydrogens is 190 g/mol. The number of aromatic nitrogens is 1. The summed E-state index contributed by atoms with van der Waals surface area (Å²) in [6.07, 6.45) is 3.57. The van der Waals surface area contributed by atoms with Crippen LogP contribution in [-0.2, 0) is 0 Å². The second-order valence-corrected chi connectivity index (χ2v) is 3.67. The highest BCUT2D eigenvalue weighted by atomic mass is 35.5. The van der Waals surface area contributed by atoms with E-state index >= 15 is 0 Å². The molecule has 0 saturated heterocycles. The fraction of sp³-hybridized carbons (Fsp3) is 0.222. The lowest BCUT2D eigenvalue weighted by molar-refractivity contribution is 1.26. The van der Waals surface area contributed by atoms with Crippen molar-refractivity contribution < 1.29 is 0 Å². The number of alkyl halides is 1. The molecule has 1 heterocycles. The van der Waals surface area contributed by atoms with Gasteiger partial charge in [0.1, 0.15) is 0 Å². The highest BCUT2D eigenvalue weighted by Gasteiger charge is 1.94. The van der Waals surface area contributed by atoms with Gasteiger partial charge in [-0.1, -0.05) is 12.2 Å². The van der Waals surface area contributed by atoms with Crippen molar-refractivity contribution in [2.24, 2.45) is 0 Å². The Morgan fingerprint density at radius 1 is 1.50 bits per heavy atom. The predicted octanol–water partition coefficient (Wildman–Crippen LogP) is 2.97. The molecule has 0 atom stereocenters. The SMILES string of the molecule is C=C(CCl)CSc1ccncc1. The maximum atomic E-state index is 5.59. The summed E-state index contributed by atoms with van der Waals surface area (Å²) in [5, 5.41) is 0. The van der Waals surface area contributed by atoms with E-state index in [1.807, 2.05) is 12.1 Å². The summed E-state index contributed by atoms with van der Waals surface area (Å²) < 4.78 is 0. The quantitative estimate of drug-likeness (QED) is 0.420. The monoisotopic (exact) mass is 199 g/mol. The summed E-state index contributed by atoms with van der Waals surface area (Å²) in [6.45, 7) is 3.82. The first-order chi connectivity index (χ1) is 5.83. The van der Waals surface area contributed by atoms with Gasteiger partial charge < -0.3 is 0 Å². The van der Waals surface area contributed by atoms with Gasteiger partial charge in [-0.15, -0.1) is 23.4 Å². The van der Waals surface area contributed by atoms with Gasteiger partial charge in [0.15, 0.2) is 0 Å². The first kappa shape index (κ1) is 9.62. The fourth-order valence-corrected chi connectivity index (χ4v) is 1.65. The van der Waals surface area contributed by atoms with E-state index in [9.17, 15) is 0 Å². The van der Waals surface area contributed by atoms with Crippen LogP contribution in [0.15, 0.2) is 41.6 Å². The van der Waals surface area contributed by atoms with Crippen LogP contribution in [0.25, 0.3) is 0 Å². The normalized spacial score (nSPS) is 9.75. The van der Waals surface area contributed by atoms with Crippen molar-refractivity contribution in [3.8, 4) is 0 Å². The molecule has 0 bridgehead atoms. The molecule has 0 fully saturated rings. The Morgan fingerprint density at radius 2 is 2.17 bits per heavy atom. The molecule has 0 N–H and O–H groups in total. The summed E-state index contributed by atoms with van der Waals surface area (Å²) in [7, 11) is 0. The molecule has 0 aliphatic rings. The molecular formula is C9H10ClNS. The van der Waals surface area contributed by atoms with E-state index in [0.717, 1.165) is 11.3 Å². The smallest absolute Gasteiger partial charge is 0.0439 e. The minimum Gasteiger partial charge on any atom is -0.265 e. The van der Waals surface area contributed by atoms with Gasteiger partial charge in [-0.05, 0) is 12.1 Å². The molecule has 0 aromatic carbocycles. The molecule has 1 aromatic heterocycles. The highest BCUT2D eigenvalue weighted by molar-refractivity contribution is 7.99. The molecule has 0 unspecified atom stereocenters. The van der Waals surface area contributed by atoms with Crippen LogP contribution in [-0.4, -0.2) is 16.6 Å². The Morgan fingerprint density at radius 3 is 2.75 bits per heavy atom. The summed E-state index contributed by atoms with van der Waals surface area (Å²) in [5.41, 5.74) is 1.05. The Hall–Kier alpha value is -0.470. The molecule has 1 rings (SSSR count). The lowest BCUT2D eigenvalue weighted by Gasteiger charge is -2.00. The van der Waals surface area contributed by atoms with Crippen molar-refractivity contribution in [2.45, 2.75) is 4.90 Å². The molecule has 1 aromatic rings. The number of nitrogens with zero attached hydrogens (tertiary/aromatic N) is 1. The lowest BCUT2D eigenvalue weighted by atomic mass is 10.4. The Balaban J connectivity index is 2.38. The second kappa shape index (κ2) is 5.22. The molecule has 0 spiro atoms. The Kier molecular flexibility index (Phi) is 4.19. The molecule has 0 amide bonds. The summed E-state index contributed by atoms with van der Waals surface area (Å²) in [5.74, 6) is 1.42. The average Bonchev–Trinajstić information content (AvgIpc) is 2.16. The van der Waals surface area contributed by atoms with Crippen LogP contribution in [0.3, 0.4) is 0 Å². The zero-order valence-corrected chi connectivity index (χ0v) is 8.24. The number of thioether (sulfide) groups is 1. The molecule has 0 radical (unpaired) electrons. The van der Waals surface area contributed by atoms with Gasteiger partial charge in [-0.3, -0.25) is 4.98 Å². The third-order valence-corrected chi connectivity index (χ3v) is 2.82. The van der Waals surface area contributed by atoms with Crippen LogP contribution >= 0.6 is 23.4 Å². The molecule has 64 valence electrons. The molecule has 0 aliphatic heterocycles. The third kappa shape index (κ3) is 3.28. The van der Waals surface area contributed by atoms with Crippen molar-refractivity contribution in [3.63, 3.8) is 0 Å². The zero-order valence-electron chi connectivity index (χ0n) is 6.66. The Labute approximate surface area is 81.8 Å². The van der Waals surface area contributed by atoms with Gasteiger partial charge in [0.2, 0.25) is 0 Å². The number of rotatable bonds is 4. The van der Waals surface area contributed by atoms with E-state index in [-0.39, 0.29) is 0 Å². The summed E-state index contributed by atoms with van der Waals surface area (Å²) in [6, 6.07) is 3.96. The minimum absolute atomic E-state index is 0.540. The van der Waals surface area contributed by atoms with Gasteiger partial charge in [-0.25, -0.2) is 0 Å². The van der Waals surface area contributed by atoms with Crippen LogP contribution in [0.1, 0.15) is 0 Å². The van der Waals surface area contributed by atoms with Crippen LogP contribution < -0.4 is 0 Å². The van der Waals surface area contributed by atoms with Crippen LogP contribution in [0, 0.1) is 0 Å². The molecule has 0 aliphatic carbocycles. The summed E-state index contributed by atoms with van der Waals surface area (Å²) in [4.78, 5) is 5.14. The van der Waals surface area contributed by atoms with E-state index in [0.29, 0.717) is 5.88 Å². The zero-order chi connectivity index (χ0) is 8.81. The first-order valence-corrected chi connectivity index (χ1v) is 5.10. The van der Waals surface area contributed by atoms with Crippen LogP contribution in [0.5, 0.6) is 0 Å². The van der Waals surface area contributed by atoms with Gasteiger partial charge >= 0.3 is 0 Å². The number of pyridine rings is 1. The lowest BCUT2D eigenvalue weighted by Crippen LogP contribution is -1.86. The highest BCUT2D eigenvalue weighted by Crippen LogP contribution is 2.18. The van der Waals surface area contributed by atoms with E-state index in [4.69, 9.17) is 11.6 Å². The summed E-state index contributed by atoms with van der Waals surface area (Å²) >= 11 is 7.32. The van der Waals surface area contributed by atoms with Crippen LogP contribution in [0.4, 0.5) is 0 Å². The van der Waals surface area contributed by atoms with Gasteiger partial charge in [-0.2, -0.15) is 0 Å². The van der Waals surface area contributed by atoms with Crippen molar-refractivity contribution in [3.05, 3.63) is 36.7 Å². The standard InChI is InChI=1S/C9H10ClNS/c1-8(6-10)7-12-9-2-4-11-5-3-9/h2-5H,1,6-7H2. The van der Waals surface area contributed by atoms with Gasteiger partial charge in [0.25, 0.3) is 0 Å². The van der Waals surface area contributed by atoms with E-state index in [1.54, 1.807) is 24.2 Å². The first-order valence-electron chi connectivity index (χ1n) is 3.58. The number of halogens is 1. The van der Waals surface area contributed by atoms with Crippen LogP contribution in [0.2, 0.25) is 0 Å². The van der Waals surface area contributed by atoms with E-state index in [1.165, 1.54) is 4.90 Å². The van der Waals surface area contributed by atoms with Crippen molar-refractivity contribution in [2.75, 3.05) is 11.6 Å². The second-order valence-electron chi connectivity index (χ2n) is 2.36. The molecule has 12 heavy (non-hydrogen) atoms. The van der Waals surface area contributed by atoms with Crippen molar-refractivity contribution >= 4 is 23.4 Å². The minimum atomic E-state index is 0.540. The average molecular weight is 200 g/mol. The number of hydrogen-bond acceptors (Lipinski definition) is 2. The fourth-order valence-electron chi connectivity index (χ4n) is 0.658. The molecule has 3 heteroatoms. The van der Waals surface area contributed by atoms with Gasteiger partial charge in [0, 0.05) is 28.9 Å². The van der Waals surface area contributed by atoms with E-state index in [2.05, 4.69) is 11.6 Å². The van der Waals surface area contributed by atoms with Crippen molar-refractivity contribution in [1.82, 2.24) is 4.98 Å². The third-order valence-electron chi connectivity index (χ3n) is 1.28. The van der Waals surface area contributed by atoms with Crippen molar-refractivity contribution in [1.29, 1.82) is 0 Å². The maximum absolute atomic E-state index is 5.59. The topological polar surface area (TPSA) is 12.9 Å². The Bertz CT molecular complexity index is 248. The van der Waals surface area contributed by atoms with Gasteiger partial charge in [0.05, 0.1) is 0 Å². The number of hydrogen-bond donors (Lipinski definition) is 0. The predicted molar refractivity (Wildman–Crippen MR) is 54.8 cm³/mol. The molecule has 1 nitrogen and oxygen atoms in total. The molecule has 0 saturated carbocycles. The maximum Gasteiger partial charge on any atom is 0.0439 e. The largest absolute Gasteiger partial charge is 0.265 e. The van der Waals surface area contributed by atoms with E-state index < -0.39 is 0 Å².